The lowest BCUT2D eigenvalue weighted by Gasteiger charge is -2.30. The number of ether oxygens (including phenoxy) is 1. The number of carbonyl (C=O) groups is 1. The Morgan fingerprint density at radius 2 is 1.34 bits per heavy atom. The Bertz CT molecular complexity index is 1200. The standard InChI is InChI=1S/C24H31N3O6S2/c28-24(20-12-17-27(18-13-20)34(29,30)22-6-2-1-3-7-22)25-14-19-33-21-8-10-23(11-9-21)35(31,32)26-15-4-5-16-26/h1-3,6-11,20H,4-5,12-19H2,(H,25,28). The third-order valence-electron chi connectivity index (χ3n) is 6.40. The van der Waals surface area contributed by atoms with E-state index in [0.29, 0.717) is 51.3 Å². The van der Waals surface area contributed by atoms with Gasteiger partial charge in [0.1, 0.15) is 12.4 Å². The first-order valence-corrected chi connectivity index (χ1v) is 14.7. The highest BCUT2D eigenvalue weighted by molar-refractivity contribution is 7.89. The molecule has 2 heterocycles. The summed E-state index contributed by atoms with van der Waals surface area (Å²) in [6, 6.07) is 14.6. The number of nitrogens with one attached hydrogen (secondary N) is 1. The molecule has 0 radical (unpaired) electrons. The zero-order valence-electron chi connectivity index (χ0n) is 19.5. The molecule has 0 saturated carbocycles. The van der Waals surface area contributed by atoms with Crippen LogP contribution in [0.15, 0.2) is 64.4 Å². The lowest BCUT2D eigenvalue weighted by atomic mass is 9.97. The molecule has 4 rings (SSSR count). The molecule has 2 aromatic rings. The highest BCUT2D eigenvalue weighted by Crippen LogP contribution is 2.24. The van der Waals surface area contributed by atoms with E-state index < -0.39 is 20.0 Å². The molecule has 0 spiro atoms. The first-order valence-electron chi connectivity index (χ1n) is 11.8. The van der Waals surface area contributed by atoms with Crippen LogP contribution in [0.5, 0.6) is 5.75 Å². The van der Waals surface area contributed by atoms with Crippen molar-refractivity contribution in [2.75, 3.05) is 39.3 Å². The van der Waals surface area contributed by atoms with Gasteiger partial charge in [0.05, 0.1) is 16.3 Å². The lowest BCUT2D eigenvalue weighted by molar-refractivity contribution is -0.126. The van der Waals surface area contributed by atoms with Gasteiger partial charge >= 0.3 is 0 Å². The topological polar surface area (TPSA) is 113 Å². The zero-order valence-corrected chi connectivity index (χ0v) is 21.1. The van der Waals surface area contributed by atoms with E-state index in [1.165, 1.54) is 8.61 Å². The molecule has 0 aromatic heterocycles. The average Bonchev–Trinajstić information content (AvgIpc) is 3.44. The number of amides is 1. The minimum Gasteiger partial charge on any atom is -0.492 e. The maximum atomic E-state index is 12.7. The van der Waals surface area contributed by atoms with E-state index >= 15 is 0 Å². The Labute approximate surface area is 207 Å². The number of benzene rings is 2. The van der Waals surface area contributed by atoms with Gasteiger partial charge in [-0.3, -0.25) is 4.79 Å². The van der Waals surface area contributed by atoms with Crippen molar-refractivity contribution >= 4 is 26.0 Å². The van der Waals surface area contributed by atoms with E-state index in [1.807, 2.05) is 0 Å². The molecule has 2 aliphatic heterocycles. The molecular weight excluding hydrogens is 490 g/mol. The maximum Gasteiger partial charge on any atom is 0.243 e. The van der Waals surface area contributed by atoms with E-state index in [-0.39, 0.29) is 28.2 Å². The molecule has 2 fully saturated rings. The quantitative estimate of drug-likeness (QED) is 0.506. The van der Waals surface area contributed by atoms with Crippen molar-refractivity contribution < 1.29 is 26.4 Å². The van der Waals surface area contributed by atoms with Gasteiger partial charge in [0, 0.05) is 32.1 Å². The van der Waals surface area contributed by atoms with Crippen LogP contribution in [-0.2, 0) is 24.8 Å². The van der Waals surface area contributed by atoms with E-state index in [2.05, 4.69) is 5.32 Å². The molecule has 35 heavy (non-hydrogen) atoms. The molecule has 2 saturated heterocycles. The minimum absolute atomic E-state index is 0.114. The molecular formula is C24H31N3O6S2. The molecule has 2 aromatic carbocycles. The number of hydrogen-bond donors (Lipinski definition) is 1. The second-order valence-electron chi connectivity index (χ2n) is 8.71. The summed E-state index contributed by atoms with van der Waals surface area (Å²) in [6.07, 6.45) is 2.70. The molecule has 190 valence electrons. The summed E-state index contributed by atoms with van der Waals surface area (Å²) in [5.74, 6) is 0.170. The Kier molecular flexibility index (Phi) is 8.10. The van der Waals surface area contributed by atoms with Crippen LogP contribution in [0.25, 0.3) is 0 Å². The Balaban J connectivity index is 1.19. The lowest BCUT2D eigenvalue weighted by Crippen LogP contribution is -2.43. The maximum absolute atomic E-state index is 12.7. The van der Waals surface area contributed by atoms with Gasteiger partial charge in [0.25, 0.3) is 0 Å². The predicted molar refractivity (Wildman–Crippen MR) is 131 cm³/mol. The third kappa shape index (κ3) is 6.03. The highest BCUT2D eigenvalue weighted by Gasteiger charge is 2.32. The van der Waals surface area contributed by atoms with Gasteiger partial charge in [0.15, 0.2) is 0 Å². The first kappa shape index (κ1) is 25.6. The van der Waals surface area contributed by atoms with Crippen molar-refractivity contribution in [2.24, 2.45) is 5.92 Å². The summed E-state index contributed by atoms with van der Waals surface area (Å²) in [6.45, 7) is 2.27. The number of hydrogen-bond acceptors (Lipinski definition) is 6. The van der Waals surface area contributed by atoms with Crippen LogP contribution >= 0.6 is 0 Å². The van der Waals surface area contributed by atoms with Gasteiger partial charge in [-0.15, -0.1) is 0 Å². The van der Waals surface area contributed by atoms with Gasteiger partial charge in [-0.25, -0.2) is 16.8 Å². The molecule has 2 aliphatic rings. The van der Waals surface area contributed by atoms with Crippen molar-refractivity contribution in [2.45, 2.75) is 35.5 Å². The summed E-state index contributed by atoms with van der Waals surface area (Å²) in [5, 5.41) is 2.85. The van der Waals surface area contributed by atoms with E-state index in [1.54, 1.807) is 54.6 Å². The largest absolute Gasteiger partial charge is 0.492 e. The molecule has 11 heteroatoms. The smallest absolute Gasteiger partial charge is 0.243 e. The fraction of sp³-hybridized carbons (Fsp3) is 0.458. The van der Waals surface area contributed by atoms with Crippen LogP contribution in [-0.4, -0.2) is 70.7 Å². The van der Waals surface area contributed by atoms with Gasteiger partial charge in [-0.1, -0.05) is 18.2 Å². The SMILES string of the molecule is O=C(NCCOc1ccc(S(=O)(=O)N2CCCC2)cc1)C1CCN(S(=O)(=O)c2ccccc2)CC1. The van der Waals surface area contributed by atoms with E-state index in [0.717, 1.165) is 12.8 Å². The molecule has 0 atom stereocenters. The van der Waals surface area contributed by atoms with Gasteiger partial charge < -0.3 is 10.1 Å². The van der Waals surface area contributed by atoms with Crippen LogP contribution in [0.4, 0.5) is 0 Å². The summed E-state index contributed by atoms with van der Waals surface area (Å²) in [5.41, 5.74) is 0. The molecule has 1 N–H and O–H groups in total. The van der Waals surface area contributed by atoms with Crippen LogP contribution in [0.2, 0.25) is 0 Å². The van der Waals surface area contributed by atoms with Crippen LogP contribution in [0, 0.1) is 5.92 Å². The molecule has 0 bridgehead atoms. The predicted octanol–water partition coefficient (Wildman–Crippen LogP) is 2.07. The fourth-order valence-electron chi connectivity index (χ4n) is 4.37. The first-order chi connectivity index (χ1) is 16.8. The summed E-state index contributed by atoms with van der Waals surface area (Å²) in [7, 11) is -6.99. The Hall–Kier alpha value is -2.47. The van der Waals surface area contributed by atoms with Crippen LogP contribution < -0.4 is 10.1 Å². The molecule has 0 unspecified atom stereocenters. The van der Waals surface area contributed by atoms with Crippen molar-refractivity contribution in [1.82, 2.24) is 13.9 Å². The normalized spacial score (nSPS) is 18.4. The third-order valence-corrected chi connectivity index (χ3v) is 10.2. The van der Waals surface area contributed by atoms with Gasteiger partial charge in [-0.05, 0) is 62.1 Å². The summed E-state index contributed by atoms with van der Waals surface area (Å²) < 4.78 is 59.2. The fourth-order valence-corrected chi connectivity index (χ4v) is 7.38. The summed E-state index contributed by atoms with van der Waals surface area (Å²) >= 11 is 0. The van der Waals surface area contributed by atoms with Crippen molar-refractivity contribution in [1.29, 1.82) is 0 Å². The molecule has 0 aliphatic carbocycles. The van der Waals surface area contributed by atoms with Crippen LogP contribution in [0.3, 0.4) is 0 Å². The Morgan fingerprint density at radius 1 is 0.800 bits per heavy atom. The van der Waals surface area contributed by atoms with Crippen LogP contribution in [0.1, 0.15) is 25.7 Å². The highest BCUT2D eigenvalue weighted by atomic mass is 32.2. The Morgan fingerprint density at radius 3 is 1.94 bits per heavy atom. The van der Waals surface area contributed by atoms with Crippen molar-refractivity contribution in [3.8, 4) is 5.75 Å². The van der Waals surface area contributed by atoms with E-state index in [9.17, 15) is 21.6 Å². The second kappa shape index (κ2) is 11.1. The second-order valence-corrected chi connectivity index (χ2v) is 12.6. The average molecular weight is 522 g/mol. The zero-order chi connectivity index (χ0) is 24.9. The number of piperidine rings is 1. The number of rotatable bonds is 9. The van der Waals surface area contributed by atoms with Crippen molar-refractivity contribution in [3.63, 3.8) is 0 Å². The van der Waals surface area contributed by atoms with E-state index in [4.69, 9.17) is 4.74 Å². The monoisotopic (exact) mass is 521 g/mol. The molecule has 1 amide bonds. The minimum atomic E-state index is -3.54. The number of nitrogens with zero attached hydrogens (tertiary/aromatic N) is 2. The van der Waals surface area contributed by atoms with Gasteiger partial charge in [0.2, 0.25) is 26.0 Å². The van der Waals surface area contributed by atoms with Crippen molar-refractivity contribution in [3.05, 3.63) is 54.6 Å². The number of carbonyl (C=O) groups excluding carboxylic acids is 1. The molecule has 9 nitrogen and oxygen atoms in total. The van der Waals surface area contributed by atoms with Gasteiger partial charge in [-0.2, -0.15) is 8.61 Å². The number of sulfonamides is 2. The summed E-state index contributed by atoms with van der Waals surface area (Å²) in [4.78, 5) is 13.0.